The third-order valence-corrected chi connectivity index (χ3v) is 5.27. The molecule has 3 nitrogen and oxygen atoms in total. The van der Waals surface area contributed by atoms with Gasteiger partial charge in [-0.15, -0.1) is 11.3 Å². The van der Waals surface area contributed by atoms with Crippen LogP contribution in [0.3, 0.4) is 0 Å². The number of halogens is 1. The number of fused-ring (bicyclic) bond motifs is 1. The molecule has 1 amide bonds. The van der Waals surface area contributed by atoms with E-state index < -0.39 is 0 Å². The summed E-state index contributed by atoms with van der Waals surface area (Å²) in [4.78, 5) is 16.9. The number of benzene rings is 2. The highest BCUT2D eigenvalue weighted by atomic mass is 35.5. The highest BCUT2D eigenvalue weighted by Crippen LogP contribution is 2.23. The Morgan fingerprint density at radius 2 is 1.96 bits per heavy atom. The van der Waals surface area contributed by atoms with E-state index in [1.807, 2.05) is 42.5 Å². The van der Waals surface area contributed by atoms with E-state index >= 15 is 0 Å². The number of aromatic nitrogens is 1. The fourth-order valence-electron chi connectivity index (χ4n) is 2.63. The van der Waals surface area contributed by atoms with Gasteiger partial charge >= 0.3 is 0 Å². The zero-order valence-electron chi connectivity index (χ0n) is 13.5. The number of carbonyl (C=O) groups excluding carboxylic acids is 1. The van der Waals surface area contributed by atoms with Crippen molar-refractivity contribution in [1.29, 1.82) is 0 Å². The number of rotatable bonds is 6. The molecular weight excluding hydrogens is 340 g/mol. The average molecular weight is 359 g/mol. The summed E-state index contributed by atoms with van der Waals surface area (Å²) in [6, 6.07) is 15.7. The van der Waals surface area contributed by atoms with Crippen LogP contribution in [0.15, 0.2) is 48.5 Å². The molecule has 0 bridgehead atoms. The first-order chi connectivity index (χ1) is 11.7. The number of para-hydroxylation sites is 1. The zero-order chi connectivity index (χ0) is 16.9. The molecule has 0 aliphatic carbocycles. The van der Waals surface area contributed by atoms with E-state index in [4.69, 9.17) is 11.6 Å². The van der Waals surface area contributed by atoms with Crippen LogP contribution in [0.5, 0.6) is 0 Å². The third-order valence-electron chi connectivity index (χ3n) is 3.92. The summed E-state index contributed by atoms with van der Waals surface area (Å²) in [6.07, 6.45) is 1.96. The van der Waals surface area contributed by atoms with Gasteiger partial charge in [-0.05, 0) is 36.2 Å². The minimum atomic E-state index is 0.0186. The molecule has 0 fully saturated rings. The van der Waals surface area contributed by atoms with E-state index in [2.05, 4.69) is 23.3 Å². The molecule has 0 radical (unpaired) electrons. The largest absolute Gasteiger partial charge is 0.349 e. The molecule has 5 heteroatoms. The van der Waals surface area contributed by atoms with Crippen LogP contribution >= 0.6 is 22.9 Å². The standard InChI is InChI=1S/C19H19ClN2OS/c1-2-15(13-7-9-14(20)10-8-13)21-18(23)11-12-19-22-16-5-3-4-6-17(16)24-19/h3-10,15H,2,11-12H2,1H3,(H,21,23). The number of aryl methyl sites for hydroxylation is 1. The molecule has 0 aliphatic rings. The van der Waals surface area contributed by atoms with Crippen molar-refractivity contribution in [3.63, 3.8) is 0 Å². The molecule has 24 heavy (non-hydrogen) atoms. The highest BCUT2D eigenvalue weighted by Gasteiger charge is 2.13. The van der Waals surface area contributed by atoms with Gasteiger partial charge in [-0.2, -0.15) is 0 Å². The average Bonchev–Trinajstić information content (AvgIpc) is 3.02. The Bertz CT molecular complexity index is 796. The number of hydrogen-bond donors (Lipinski definition) is 1. The number of nitrogens with one attached hydrogen (secondary N) is 1. The summed E-state index contributed by atoms with van der Waals surface area (Å²) in [5.74, 6) is 0.0519. The van der Waals surface area contributed by atoms with Gasteiger partial charge in [0.25, 0.3) is 0 Å². The Labute approximate surface area is 150 Å². The molecule has 1 aromatic heterocycles. The van der Waals surface area contributed by atoms with Gasteiger partial charge in [-0.25, -0.2) is 4.98 Å². The fourth-order valence-corrected chi connectivity index (χ4v) is 3.72. The fraction of sp³-hybridized carbons (Fsp3) is 0.263. The molecule has 3 aromatic rings. The summed E-state index contributed by atoms with van der Waals surface area (Å²) in [5.41, 5.74) is 2.08. The maximum atomic E-state index is 12.3. The number of carbonyl (C=O) groups is 1. The van der Waals surface area contributed by atoms with Crippen LogP contribution in [0.25, 0.3) is 10.2 Å². The van der Waals surface area contributed by atoms with E-state index in [0.29, 0.717) is 17.9 Å². The normalized spacial score (nSPS) is 12.2. The van der Waals surface area contributed by atoms with E-state index in [1.165, 1.54) is 4.70 Å². The molecule has 0 aliphatic heterocycles. The van der Waals surface area contributed by atoms with Crippen molar-refractivity contribution in [2.45, 2.75) is 32.2 Å². The molecule has 0 spiro atoms. The maximum absolute atomic E-state index is 12.3. The first-order valence-corrected chi connectivity index (χ1v) is 9.24. The third kappa shape index (κ3) is 4.13. The zero-order valence-corrected chi connectivity index (χ0v) is 15.0. The second-order valence-electron chi connectivity index (χ2n) is 5.66. The highest BCUT2D eigenvalue weighted by molar-refractivity contribution is 7.18. The minimum Gasteiger partial charge on any atom is -0.349 e. The van der Waals surface area contributed by atoms with Crippen molar-refractivity contribution in [1.82, 2.24) is 10.3 Å². The van der Waals surface area contributed by atoms with Gasteiger partial charge < -0.3 is 5.32 Å². The van der Waals surface area contributed by atoms with Gasteiger partial charge in [0, 0.05) is 17.9 Å². The van der Waals surface area contributed by atoms with Crippen molar-refractivity contribution in [2.24, 2.45) is 0 Å². The van der Waals surface area contributed by atoms with E-state index in [1.54, 1.807) is 11.3 Å². The topological polar surface area (TPSA) is 42.0 Å². The SMILES string of the molecule is CCC(NC(=O)CCc1nc2ccccc2s1)c1ccc(Cl)cc1. The summed E-state index contributed by atoms with van der Waals surface area (Å²) >= 11 is 7.58. The van der Waals surface area contributed by atoms with Crippen LogP contribution in [-0.2, 0) is 11.2 Å². The predicted octanol–water partition coefficient (Wildman–Crippen LogP) is 5.15. The summed E-state index contributed by atoms with van der Waals surface area (Å²) in [7, 11) is 0. The van der Waals surface area contributed by atoms with Gasteiger partial charge in [0.15, 0.2) is 0 Å². The molecule has 2 aromatic carbocycles. The van der Waals surface area contributed by atoms with Crippen molar-refractivity contribution in [2.75, 3.05) is 0 Å². The van der Waals surface area contributed by atoms with Gasteiger partial charge in [0.05, 0.1) is 21.3 Å². The molecule has 3 rings (SSSR count). The first-order valence-electron chi connectivity index (χ1n) is 8.05. The van der Waals surface area contributed by atoms with Crippen LogP contribution in [-0.4, -0.2) is 10.9 Å². The van der Waals surface area contributed by atoms with Crippen LogP contribution in [0.4, 0.5) is 0 Å². The van der Waals surface area contributed by atoms with Gasteiger partial charge in [-0.1, -0.05) is 42.8 Å². The number of nitrogens with zero attached hydrogens (tertiary/aromatic N) is 1. The lowest BCUT2D eigenvalue weighted by molar-refractivity contribution is -0.121. The summed E-state index contributed by atoms with van der Waals surface area (Å²) < 4.78 is 1.17. The Balaban J connectivity index is 1.58. The molecule has 1 atom stereocenters. The van der Waals surface area contributed by atoms with E-state index in [9.17, 15) is 4.79 Å². The summed E-state index contributed by atoms with van der Waals surface area (Å²) in [5, 5.41) is 4.81. The van der Waals surface area contributed by atoms with Crippen molar-refractivity contribution in [3.8, 4) is 0 Å². The van der Waals surface area contributed by atoms with Crippen molar-refractivity contribution < 1.29 is 4.79 Å². The number of hydrogen-bond acceptors (Lipinski definition) is 3. The summed E-state index contributed by atoms with van der Waals surface area (Å²) in [6.45, 7) is 2.06. The second kappa shape index (κ2) is 7.77. The smallest absolute Gasteiger partial charge is 0.220 e. The minimum absolute atomic E-state index is 0.0186. The first kappa shape index (κ1) is 16.9. The van der Waals surface area contributed by atoms with Crippen LogP contribution < -0.4 is 5.32 Å². The van der Waals surface area contributed by atoms with E-state index in [-0.39, 0.29) is 11.9 Å². The quantitative estimate of drug-likeness (QED) is 0.662. The Kier molecular flexibility index (Phi) is 5.48. The molecule has 0 saturated heterocycles. The molecule has 1 heterocycles. The number of amides is 1. The molecule has 1 unspecified atom stereocenters. The molecule has 1 N–H and O–H groups in total. The molecule has 0 saturated carbocycles. The Morgan fingerprint density at radius 1 is 1.21 bits per heavy atom. The predicted molar refractivity (Wildman–Crippen MR) is 101 cm³/mol. The lowest BCUT2D eigenvalue weighted by Gasteiger charge is -2.17. The molecular formula is C19H19ClN2OS. The van der Waals surface area contributed by atoms with Gasteiger partial charge in [-0.3, -0.25) is 4.79 Å². The van der Waals surface area contributed by atoms with Crippen LogP contribution in [0.2, 0.25) is 5.02 Å². The second-order valence-corrected chi connectivity index (χ2v) is 7.21. The van der Waals surface area contributed by atoms with Crippen LogP contribution in [0.1, 0.15) is 36.4 Å². The van der Waals surface area contributed by atoms with Gasteiger partial charge in [0.2, 0.25) is 5.91 Å². The van der Waals surface area contributed by atoms with Crippen LogP contribution in [0, 0.1) is 0 Å². The lowest BCUT2D eigenvalue weighted by atomic mass is 10.0. The molecule has 124 valence electrons. The van der Waals surface area contributed by atoms with Crippen molar-refractivity contribution >= 4 is 39.1 Å². The Hall–Kier alpha value is -1.91. The number of thiazole rings is 1. The van der Waals surface area contributed by atoms with Crippen molar-refractivity contribution in [3.05, 3.63) is 64.1 Å². The monoisotopic (exact) mass is 358 g/mol. The lowest BCUT2D eigenvalue weighted by Crippen LogP contribution is -2.28. The van der Waals surface area contributed by atoms with Gasteiger partial charge in [0.1, 0.15) is 0 Å². The maximum Gasteiger partial charge on any atom is 0.220 e. The van der Waals surface area contributed by atoms with E-state index in [0.717, 1.165) is 22.5 Å². The Morgan fingerprint density at radius 3 is 2.67 bits per heavy atom.